The summed E-state index contributed by atoms with van der Waals surface area (Å²) in [5, 5.41) is 8.81. The van der Waals surface area contributed by atoms with Gasteiger partial charge in [-0.25, -0.2) is 18.2 Å². The van der Waals surface area contributed by atoms with Crippen LogP contribution in [0.15, 0.2) is 59.6 Å². The summed E-state index contributed by atoms with van der Waals surface area (Å²) in [5.41, 5.74) is -0.705. The van der Waals surface area contributed by atoms with Crippen LogP contribution in [-0.4, -0.2) is 72.4 Å². The number of aromatic carboxylic acids is 1. The first-order valence-electron chi connectivity index (χ1n) is 12.4. The molecule has 1 amide bonds. The number of halogens is 3. The number of carbonyl (C=O) groups is 2. The molecule has 14 heteroatoms. The van der Waals surface area contributed by atoms with Gasteiger partial charge in [0.15, 0.2) is 0 Å². The van der Waals surface area contributed by atoms with Crippen molar-refractivity contribution < 1.29 is 31.9 Å². The molecular formula is C26H24ClF2N5O5S. The summed E-state index contributed by atoms with van der Waals surface area (Å²) in [7, 11) is -3.82. The monoisotopic (exact) mass is 591 g/mol. The van der Waals surface area contributed by atoms with E-state index in [9.17, 15) is 18.0 Å². The van der Waals surface area contributed by atoms with Crippen molar-refractivity contribution in [2.75, 3.05) is 42.5 Å². The van der Waals surface area contributed by atoms with Crippen LogP contribution in [0.25, 0.3) is 0 Å². The molecule has 0 aliphatic carbocycles. The van der Waals surface area contributed by atoms with Gasteiger partial charge < -0.3 is 14.9 Å². The zero-order valence-electron chi connectivity index (χ0n) is 21.0. The Balaban J connectivity index is 1.29. The smallest absolute Gasteiger partial charge is 0.337 e. The Morgan fingerprint density at radius 1 is 1.00 bits per heavy atom. The Morgan fingerprint density at radius 3 is 2.27 bits per heavy atom. The molecule has 2 fully saturated rings. The maximum Gasteiger partial charge on any atom is 0.337 e. The zero-order valence-corrected chi connectivity index (χ0v) is 22.6. The number of benzene rings is 1. The molecule has 40 heavy (non-hydrogen) atoms. The fourth-order valence-corrected chi connectivity index (χ4v) is 6.33. The molecule has 10 nitrogen and oxygen atoms in total. The predicted octanol–water partition coefficient (Wildman–Crippen LogP) is 3.61. The number of anilines is 2. The van der Waals surface area contributed by atoms with E-state index >= 15 is 8.78 Å². The van der Waals surface area contributed by atoms with Crippen molar-refractivity contribution in [3.8, 4) is 0 Å². The lowest BCUT2D eigenvalue weighted by molar-refractivity contribution is -0.117. The van der Waals surface area contributed by atoms with Crippen molar-refractivity contribution in [1.29, 1.82) is 0 Å². The number of hydrogen-bond acceptors (Lipinski definition) is 7. The van der Waals surface area contributed by atoms with E-state index in [-0.39, 0.29) is 53.5 Å². The van der Waals surface area contributed by atoms with Gasteiger partial charge in [-0.1, -0.05) is 11.6 Å². The van der Waals surface area contributed by atoms with Crippen LogP contribution < -0.4 is 9.80 Å². The van der Waals surface area contributed by atoms with Crippen LogP contribution in [0.5, 0.6) is 0 Å². The maximum absolute atomic E-state index is 15.3. The third kappa shape index (κ3) is 5.36. The molecule has 0 atom stereocenters. The Kier molecular flexibility index (Phi) is 7.46. The first-order valence-corrected chi connectivity index (χ1v) is 14.2. The summed E-state index contributed by atoms with van der Waals surface area (Å²) >= 11 is 6.08. The second-order valence-corrected chi connectivity index (χ2v) is 11.7. The third-order valence-corrected chi connectivity index (χ3v) is 9.00. The summed E-state index contributed by atoms with van der Waals surface area (Å²) in [6.45, 7) is 1.15. The number of piperazine rings is 1. The largest absolute Gasteiger partial charge is 0.478 e. The van der Waals surface area contributed by atoms with Gasteiger partial charge in [-0.3, -0.25) is 9.78 Å². The highest BCUT2D eigenvalue weighted by Crippen LogP contribution is 2.37. The molecule has 5 rings (SSSR count). The molecule has 1 N–H and O–H groups in total. The lowest BCUT2D eigenvalue weighted by atomic mass is 10.1. The average molecular weight is 592 g/mol. The maximum atomic E-state index is 15.3. The van der Waals surface area contributed by atoms with Gasteiger partial charge >= 0.3 is 11.9 Å². The van der Waals surface area contributed by atoms with Crippen LogP contribution in [0.1, 0.15) is 34.5 Å². The van der Waals surface area contributed by atoms with Crippen LogP contribution in [0.2, 0.25) is 5.15 Å². The fraction of sp³-hybridized carbons (Fsp3) is 0.308. The highest BCUT2D eigenvalue weighted by atomic mass is 35.5. The quantitative estimate of drug-likeness (QED) is 0.413. The average Bonchev–Trinajstić information content (AvgIpc) is 3.38. The van der Waals surface area contributed by atoms with Crippen molar-refractivity contribution in [2.24, 2.45) is 0 Å². The van der Waals surface area contributed by atoms with E-state index in [1.54, 1.807) is 21.9 Å². The number of nitrogens with zero attached hydrogens (tertiary/aromatic N) is 5. The number of sulfonamides is 1. The van der Waals surface area contributed by atoms with Crippen LogP contribution in [-0.2, 0) is 20.7 Å². The molecule has 2 aliphatic heterocycles. The van der Waals surface area contributed by atoms with Crippen molar-refractivity contribution in [2.45, 2.75) is 23.7 Å². The van der Waals surface area contributed by atoms with Gasteiger partial charge in [0.1, 0.15) is 16.7 Å². The molecule has 0 saturated carbocycles. The number of carbonyl (C=O) groups excluding carboxylic acids is 1. The number of carboxylic acid groups (broad SMARTS) is 1. The Morgan fingerprint density at radius 2 is 1.70 bits per heavy atom. The van der Waals surface area contributed by atoms with E-state index < -0.39 is 33.2 Å². The summed E-state index contributed by atoms with van der Waals surface area (Å²) in [6.07, 6.45) is 2.09. The van der Waals surface area contributed by atoms with Gasteiger partial charge in [-0.15, -0.1) is 0 Å². The summed E-state index contributed by atoms with van der Waals surface area (Å²) in [6, 6.07) is 10.4. The Labute approximate surface area is 233 Å². The second kappa shape index (κ2) is 10.7. The van der Waals surface area contributed by atoms with E-state index in [1.165, 1.54) is 22.5 Å². The molecule has 3 aromatic rings. The van der Waals surface area contributed by atoms with Crippen LogP contribution in [0.3, 0.4) is 0 Å². The van der Waals surface area contributed by atoms with Gasteiger partial charge in [-0.2, -0.15) is 13.1 Å². The molecule has 0 spiro atoms. The minimum absolute atomic E-state index is 0.00892. The van der Waals surface area contributed by atoms with Crippen molar-refractivity contribution in [1.82, 2.24) is 14.3 Å². The number of amides is 1. The van der Waals surface area contributed by atoms with Crippen molar-refractivity contribution in [3.63, 3.8) is 0 Å². The van der Waals surface area contributed by atoms with Crippen LogP contribution >= 0.6 is 11.6 Å². The fourth-order valence-electron chi connectivity index (χ4n) is 4.71. The van der Waals surface area contributed by atoms with Gasteiger partial charge in [0.25, 0.3) is 0 Å². The highest BCUT2D eigenvalue weighted by molar-refractivity contribution is 7.89. The zero-order chi connectivity index (χ0) is 28.7. The number of alkyl halides is 2. The minimum atomic E-state index is -3.82. The Bertz CT molecular complexity index is 1550. The predicted molar refractivity (Wildman–Crippen MR) is 142 cm³/mol. The lowest BCUT2D eigenvalue weighted by Gasteiger charge is -2.35. The third-order valence-electron chi connectivity index (χ3n) is 6.90. The normalized spacial score (nSPS) is 16.9. The number of hydrogen-bond donors (Lipinski definition) is 1. The van der Waals surface area contributed by atoms with Gasteiger partial charge in [0.2, 0.25) is 15.9 Å². The van der Waals surface area contributed by atoms with E-state index in [2.05, 4.69) is 9.97 Å². The van der Waals surface area contributed by atoms with Crippen molar-refractivity contribution >= 4 is 45.0 Å². The number of rotatable bonds is 7. The second-order valence-electron chi connectivity index (χ2n) is 9.38. The molecular weight excluding hydrogens is 568 g/mol. The first-order chi connectivity index (χ1) is 19.0. The number of carboxylic acids is 1. The molecule has 0 bridgehead atoms. The molecule has 2 saturated heterocycles. The number of aromatic nitrogens is 2. The van der Waals surface area contributed by atoms with Crippen LogP contribution in [0.4, 0.5) is 20.3 Å². The lowest BCUT2D eigenvalue weighted by Crippen LogP contribution is -2.49. The van der Waals surface area contributed by atoms with Gasteiger partial charge in [0, 0.05) is 56.6 Å². The molecule has 2 aliphatic rings. The summed E-state index contributed by atoms with van der Waals surface area (Å²) in [5.74, 6) is -4.71. The van der Waals surface area contributed by atoms with Gasteiger partial charge in [-0.05, 0) is 55.0 Å². The molecule has 210 valence electrons. The molecule has 0 unspecified atom stereocenters. The summed E-state index contributed by atoms with van der Waals surface area (Å²) < 4.78 is 58.3. The molecule has 2 aromatic heterocycles. The minimum Gasteiger partial charge on any atom is -0.478 e. The highest BCUT2D eigenvalue weighted by Gasteiger charge is 2.37. The molecule has 0 radical (unpaired) electrons. The SMILES string of the molecule is O=C(O)c1ccc(C(F)(F)c2cc(Cl)nc(N3CCN(S(=O)(=O)c4ccc(N5CCCC5=O)cc4)CC3)c2)nc1. The van der Waals surface area contributed by atoms with E-state index in [4.69, 9.17) is 16.7 Å². The molecule has 4 heterocycles. The standard InChI is InChI=1S/C26H24ClF2N5O5S/c27-22-14-18(26(28,29)21-8-3-17(16-30-21)25(36)37)15-23(31-22)32-10-12-33(13-11-32)40(38,39)20-6-4-19(5-7-20)34-9-1-2-24(34)35/h3-8,14-16H,1-2,9-13H2,(H,36,37). The number of pyridine rings is 2. The van der Waals surface area contributed by atoms with Gasteiger partial charge in [0.05, 0.1) is 10.5 Å². The topological polar surface area (TPSA) is 124 Å². The first kappa shape index (κ1) is 27.9. The van der Waals surface area contributed by atoms with Crippen LogP contribution in [0, 0.1) is 0 Å². The molecule has 1 aromatic carbocycles. The van der Waals surface area contributed by atoms with E-state index in [1.807, 2.05) is 0 Å². The Hall–Kier alpha value is -3.68. The van der Waals surface area contributed by atoms with E-state index in [0.717, 1.165) is 30.8 Å². The van der Waals surface area contributed by atoms with Crippen molar-refractivity contribution in [3.05, 3.63) is 76.7 Å². The summed E-state index contributed by atoms with van der Waals surface area (Å²) in [4.78, 5) is 34.2. The van der Waals surface area contributed by atoms with E-state index in [0.29, 0.717) is 18.7 Å².